The zero-order valence-corrected chi connectivity index (χ0v) is 18.6. The van der Waals surface area contributed by atoms with E-state index in [2.05, 4.69) is 0 Å². The SMILES string of the molecule is CCOc1ccc(/C(O)=C2/C(=O)C(=O)N(Cc3ccco3)C2c2cccc3ccccc23)cc1. The zero-order chi connectivity index (χ0) is 23.7. The molecule has 1 fully saturated rings. The zero-order valence-electron chi connectivity index (χ0n) is 18.6. The van der Waals surface area contributed by atoms with Crippen molar-refractivity contribution in [3.8, 4) is 5.75 Å². The van der Waals surface area contributed by atoms with Crippen LogP contribution < -0.4 is 4.74 Å². The van der Waals surface area contributed by atoms with E-state index in [1.54, 1.807) is 36.4 Å². The van der Waals surface area contributed by atoms with E-state index in [1.165, 1.54) is 11.2 Å². The Morgan fingerprint density at radius 2 is 1.74 bits per heavy atom. The quantitative estimate of drug-likeness (QED) is 0.238. The molecule has 0 spiro atoms. The number of hydrogen-bond donors (Lipinski definition) is 1. The number of amides is 1. The molecule has 0 aliphatic carbocycles. The fourth-order valence-electron chi connectivity index (χ4n) is 4.46. The number of likely N-dealkylation sites (tertiary alicyclic amines) is 1. The number of ether oxygens (including phenoxy) is 1. The van der Waals surface area contributed by atoms with Crippen molar-refractivity contribution in [3.63, 3.8) is 0 Å². The Labute approximate surface area is 196 Å². The van der Waals surface area contributed by atoms with Crippen molar-refractivity contribution in [2.45, 2.75) is 19.5 Å². The van der Waals surface area contributed by atoms with Gasteiger partial charge in [0.15, 0.2) is 0 Å². The van der Waals surface area contributed by atoms with Crippen molar-refractivity contribution >= 4 is 28.2 Å². The molecule has 6 nitrogen and oxygen atoms in total. The molecule has 1 aromatic heterocycles. The molecule has 170 valence electrons. The summed E-state index contributed by atoms with van der Waals surface area (Å²) < 4.78 is 11.0. The van der Waals surface area contributed by atoms with Crippen molar-refractivity contribution in [2.75, 3.05) is 6.61 Å². The van der Waals surface area contributed by atoms with E-state index in [0.717, 1.165) is 16.3 Å². The summed E-state index contributed by atoms with van der Waals surface area (Å²) in [6.45, 7) is 2.51. The van der Waals surface area contributed by atoms with E-state index in [4.69, 9.17) is 9.15 Å². The lowest BCUT2D eigenvalue weighted by atomic mass is 9.91. The lowest BCUT2D eigenvalue weighted by molar-refractivity contribution is -0.140. The van der Waals surface area contributed by atoms with Gasteiger partial charge in [0.2, 0.25) is 0 Å². The lowest BCUT2D eigenvalue weighted by Crippen LogP contribution is -2.29. The second-order valence-corrected chi connectivity index (χ2v) is 8.03. The second kappa shape index (κ2) is 8.90. The molecule has 5 rings (SSSR count). The molecule has 1 aliphatic rings. The topological polar surface area (TPSA) is 80.0 Å². The van der Waals surface area contributed by atoms with Gasteiger partial charge < -0.3 is 19.2 Å². The minimum Gasteiger partial charge on any atom is -0.507 e. The van der Waals surface area contributed by atoms with E-state index in [-0.39, 0.29) is 17.9 Å². The second-order valence-electron chi connectivity index (χ2n) is 8.03. The Morgan fingerprint density at radius 1 is 0.971 bits per heavy atom. The Hall–Kier alpha value is -4.32. The van der Waals surface area contributed by atoms with E-state index in [9.17, 15) is 14.7 Å². The first-order valence-corrected chi connectivity index (χ1v) is 11.1. The highest BCUT2D eigenvalue weighted by Gasteiger charge is 2.46. The number of carbonyl (C=O) groups excluding carboxylic acids is 2. The molecule has 3 aromatic carbocycles. The average Bonchev–Trinajstić information content (AvgIpc) is 3.46. The fourth-order valence-corrected chi connectivity index (χ4v) is 4.46. The van der Waals surface area contributed by atoms with Crippen molar-refractivity contribution in [1.29, 1.82) is 0 Å². The summed E-state index contributed by atoms with van der Waals surface area (Å²) in [4.78, 5) is 28.0. The van der Waals surface area contributed by atoms with Crippen LogP contribution in [0.1, 0.15) is 29.9 Å². The minimum atomic E-state index is -0.775. The van der Waals surface area contributed by atoms with E-state index < -0.39 is 17.7 Å². The number of benzene rings is 3. The molecule has 1 unspecified atom stereocenters. The van der Waals surface area contributed by atoms with E-state index in [1.807, 2.05) is 49.4 Å². The number of carbonyl (C=O) groups is 2. The number of aliphatic hydroxyl groups is 1. The van der Waals surface area contributed by atoms with Gasteiger partial charge in [-0.3, -0.25) is 9.59 Å². The predicted molar refractivity (Wildman–Crippen MR) is 128 cm³/mol. The Bertz CT molecular complexity index is 1380. The molecule has 0 saturated carbocycles. The molecule has 34 heavy (non-hydrogen) atoms. The highest BCUT2D eigenvalue weighted by atomic mass is 16.5. The Balaban J connectivity index is 1.69. The summed E-state index contributed by atoms with van der Waals surface area (Å²) in [5.41, 5.74) is 1.25. The van der Waals surface area contributed by atoms with Crippen LogP contribution in [0, 0.1) is 0 Å². The van der Waals surface area contributed by atoms with Crippen LogP contribution in [0.2, 0.25) is 0 Å². The predicted octanol–water partition coefficient (Wildman–Crippen LogP) is 5.45. The minimum absolute atomic E-state index is 0.0528. The molecule has 0 bridgehead atoms. The third-order valence-electron chi connectivity index (χ3n) is 6.00. The number of aliphatic hydroxyl groups excluding tert-OH is 1. The molecule has 1 atom stereocenters. The van der Waals surface area contributed by atoms with Gasteiger partial charge in [-0.25, -0.2) is 0 Å². The Morgan fingerprint density at radius 3 is 2.47 bits per heavy atom. The molecule has 2 heterocycles. The molecule has 1 N–H and O–H groups in total. The monoisotopic (exact) mass is 453 g/mol. The van der Waals surface area contributed by atoms with Crippen molar-refractivity contribution in [3.05, 3.63) is 108 Å². The van der Waals surface area contributed by atoms with Gasteiger partial charge in [-0.15, -0.1) is 0 Å². The number of fused-ring (bicyclic) bond motifs is 1. The maximum Gasteiger partial charge on any atom is 0.296 e. The molecule has 1 amide bonds. The van der Waals surface area contributed by atoms with Gasteiger partial charge in [0.25, 0.3) is 11.7 Å². The van der Waals surface area contributed by atoms with Gasteiger partial charge in [-0.2, -0.15) is 0 Å². The summed E-state index contributed by atoms with van der Waals surface area (Å²) in [6, 6.07) is 23.1. The highest BCUT2D eigenvalue weighted by molar-refractivity contribution is 6.46. The van der Waals surface area contributed by atoms with Gasteiger partial charge in [0.1, 0.15) is 17.3 Å². The number of Topliss-reactive ketones (excluding diaryl/α,β-unsaturated/α-hetero) is 1. The molecule has 4 aromatic rings. The average molecular weight is 453 g/mol. The standard InChI is InChI=1S/C28H23NO5/c1-2-33-20-14-12-19(13-15-20)26(30)24-25(23-11-5-8-18-7-3-4-10-22(18)23)29(28(32)27(24)31)17-21-9-6-16-34-21/h3-16,25,30H,2,17H2,1H3/b26-24-. The van der Waals surface area contributed by atoms with Crippen LogP contribution >= 0.6 is 0 Å². The molecule has 6 heteroatoms. The molecular formula is C28H23NO5. The first-order valence-electron chi connectivity index (χ1n) is 11.1. The van der Waals surface area contributed by atoms with Gasteiger partial charge in [0, 0.05) is 5.56 Å². The summed E-state index contributed by atoms with van der Waals surface area (Å²) in [7, 11) is 0. The van der Waals surface area contributed by atoms with Gasteiger partial charge in [-0.1, -0.05) is 42.5 Å². The number of nitrogens with zero attached hydrogens (tertiary/aromatic N) is 1. The fraction of sp³-hybridized carbons (Fsp3) is 0.143. The third kappa shape index (κ3) is 3.73. The van der Waals surface area contributed by atoms with Crippen molar-refractivity contribution in [2.24, 2.45) is 0 Å². The highest BCUT2D eigenvalue weighted by Crippen LogP contribution is 2.42. The van der Waals surface area contributed by atoms with Crippen LogP contribution in [0.3, 0.4) is 0 Å². The number of rotatable bonds is 6. The largest absolute Gasteiger partial charge is 0.507 e. The first-order chi connectivity index (χ1) is 16.6. The van der Waals surface area contributed by atoms with Gasteiger partial charge in [0.05, 0.1) is 31.0 Å². The van der Waals surface area contributed by atoms with Gasteiger partial charge in [-0.05, 0) is 59.7 Å². The smallest absolute Gasteiger partial charge is 0.296 e. The maximum absolute atomic E-state index is 13.3. The molecular weight excluding hydrogens is 430 g/mol. The van der Waals surface area contributed by atoms with Crippen LogP contribution in [0.25, 0.3) is 16.5 Å². The Kier molecular flexibility index (Phi) is 5.64. The molecule has 1 saturated heterocycles. The molecule has 0 radical (unpaired) electrons. The van der Waals surface area contributed by atoms with Crippen LogP contribution in [0.5, 0.6) is 5.75 Å². The number of hydrogen-bond acceptors (Lipinski definition) is 5. The first kappa shape index (κ1) is 21.5. The van der Waals surface area contributed by atoms with Crippen LogP contribution in [0.15, 0.2) is 95.1 Å². The molecule has 1 aliphatic heterocycles. The summed E-state index contributed by atoms with van der Waals surface area (Å²) in [6.07, 6.45) is 1.53. The maximum atomic E-state index is 13.3. The summed E-state index contributed by atoms with van der Waals surface area (Å²) >= 11 is 0. The third-order valence-corrected chi connectivity index (χ3v) is 6.00. The normalized spacial score (nSPS) is 17.4. The number of furan rings is 1. The van der Waals surface area contributed by atoms with Crippen LogP contribution in [-0.2, 0) is 16.1 Å². The summed E-state index contributed by atoms with van der Waals surface area (Å²) in [5.74, 6) is -0.421. The van der Waals surface area contributed by atoms with Crippen LogP contribution in [-0.4, -0.2) is 28.3 Å². The van der Waals surface area contributed by atoms with Gasteiger partial charge >= 0.3 is 0 Å². The van der Waals surface area contributed by atoms with Crippen molar-refractivity contribution in [1.82, 2.24) is 4.90 Å². The lowest BCUT2D eigenvalue weighted by Gasteiger charge is -2.25. The summed E-state index contributed by atoms with van der Waals surface area (Å²) in [5, 5.41) is 13.2. The van der Waals surface area contributed by atoms with E-state index >= 15 is 0 Å². The van der Waals surface area contributed by atoms with Crippen LogP contribution in [0.4, 0.5) is 0 Å². The van der Waals surface area contributed by atoms with E-state index in [0.29, 0.717) is 23.7 Å². The van der Waals surface area contributed by atoms with Crippen molar-refractivity contribution < 1.29 is 23.8 Å². The number of ketones is 1.